The Morgan fingerprint density at radius 2 is 1.78 bits per heavy atom. The Balaban J connectivity index is 1.71. The average Bonchev–Trinajstić information content (AvgIpc) is 3.41. The Hall–Kier alpha value is -2.42. The molecule has 9 heteroatoms. The number of ether oxygens (including phenoxy) is 2. The largest absolute Gasteiger partial charge is 0.550 e. The number of aliphatic carboxylic acids is 1. The lowest BCUT2D eigenvalue weighted by molar-refractivity contribution is -0.313. The second-order valence-corrected chi connectivity index (χ2v) is 10.0. The number of halogens is 1. The summed E-state index contributed by atoms with van der Waals surface area (Å²) in [6, 6.07) is 7.04. The van der Waals surface area contributed by atoms with Crippen molar-refractivity contribution in [2.24, 2.45) is 11.8 Å². The van der Waals surface area contributed by atoms with E-state index in [1.165, 1.54) is 11.3 Å². The number of hydrogen-bond acceptors (Lipinski definition) is 7. The zero-order valence-corrected chi connectivity index (χ0v) is 19.4. The Morgan fingerprint density at radius 3 is 2.38 bits per heavy atom. The summed E-state index contributed by atoms with van der Waals surface area (Å²) in [5.41, 5.74) is 1.65. The minimum Gasteiger partial charge on any atom is -0.550 e. The van der Waals surface area contributed by atoms with Crippen LogP contribution in [-0.4, -0.2) is 36.2 Å². The Kier molecular flexibility index (Phi) is 6.29. The normalized spacial score (nSPS) is 24.0. The molecule has 2 saturated heterocycles. The second-order valence-electron chi connectivity index (χ2n) is 8.35. The van der Waals surface area contributed by atoms with Crippen molar-refractivity contribution in [1.82, 2.24) is 0 Å². The molecule has 2 aliphatic heterocycles. The first-order valence-electron chi connectivity index (χ1n) is 10.4. The van der Waals surface area contributed by atoms with Crippen LogP contribution in [0.5, 0.6) is 0 Å². The highest BCUT2D eigenvalue weighted by molar-refractivity contribution is 7.17. The van der Waals surface area contributed by atoms with Crippen LogP contribution in [0.3, 0.4) is 0 Å². The topological polar surface area (TPSA) is 105 Å². The van der Waals surface area contributed by atoms with E-state index in [1.807, 2.05) is 6.92 Å². The summed E-state index contributed by atoms with van der Waals surface area (Å²) in [5.74, 6) is -4.22. The van der Waals surface area contributed by atoms with Gasteiger partial charge in [0.05, 0.1) is 24.2 Å². The van der Waals surface area contributed by atoms with E-state index in [1.54, 1.807) is 38.1 Å². The van der Waals surface area contributed by atoms with Gasteiger partial charge in [-0.25, -0.2) is 4.79 Å². The van der Waals surface area contributed by atoms with Crippen LogP contribution in [0.4, 0.5) is 5.00 Å². The molecule has 3 heterocycles. The van der Waals surface area contributed by atoms with Crippen LogP contribution < -0.4 is 10.4 Å². The van der Waals surface area contributed by atoms with Gasteiger partial charge in [0.1, 0.15) is 10.6 Å². The van der Waals surface area contributed by atoms with Gasteiger partial charge < -0.3 is 24.7 Å². The van der Waals surface area contributed by atoms with E-state index in [-0.39, 0.29) is 11.7 Å². The zero-order valence-electron chi connectivity index (χ0n) is 17.8. The van der Waals surface area contributed by atoms with Crippen molar-refractivity contribution in [3.05, 3.63) is 39.7 Å². The van der Waals surface area contributed by atoms with Crippen molar-refractivity contribution in [3.63, 3.8) is 0 Å². The second kappa shape index (κ2) is 8.84. The van der Waals surface area contributed by atoms with Gasteiger partial charge in [0.25, 0.3) is 0 Å². The van der Waals surface area contributed by atoms with Gasteiger partial charge in [-0.2, -0.15) is 0 Å². The van der Waals surface area contributed by atoms with E-state index >= 15 is 0 Å². The first kappa shape index (κ1) is 22.8. The molecule has 32 heavy (non-hydrogen) atoms. The highest BCUT2D eigenvalue weighted by Crippen LogP contribution is 2.45. The summed E-state index contributed by atoms with van der Waals surface area (Å²) in [4.78, 5) is 38.7. The third-order valence-electron chi connectivity index (χ3n) is 5.85. The molecule has 1 N–H and O–H groups in total. The van der Waals surface area contributed by atoms with Gasteiger partial charge in [-0.05, 0) is 51.3 Å². The fourth-order valence-electron chi connectivity index (χ4n) is 4.57. The summed E-state index contributed by atoms with van der Waals surface area (Å²) in [7, 11) is 0. The number of carboxylic acid groups (broad SMARTS) is 1. The minimum atomic E-state index is -1.29. The SMILES string of the molecule is Cc1sc(NC(=O)[C@@H]2[C@@H](C(=O)[O-])[C@@H]3CC[C@H]2O3)c(C(=O)OC(C)C)c1-c1ccc(Cl)cc1. The number of hydrogen-bond donors (Lipinski definition) is 1. The molecule has 4 atom stereocenters. The number of carbonyl (C=O) groups excluding carboxylic acids is 3. The molecule has 2 aromatic rings. The van der Waals surface area contributed by atoms with E-state index in [4.69, 9.17) is 21.1 Å². The third-order valence-corrected chi connectivity index (χ3v) is 7.12. The van der Waals surface area contributed by atoms with Crippen molar-refractivity contribution in [3.8, 4) is 11.1 Å². The maximum atomic E-state index is 13.2. The number of esters is 1. The fourth-order valence-corrected chi connectivity index (χ4v) is 5.76. The Labute approximate surface area is 194 Å². The van der Waals surface area contributed by atoms with Gasteiger partial charge in [-0.15, -0.1) is 11.3 Å². The van der Waals surface area contributed by atoms with Gasteiger partial charge in [0, 0.05) is 27.4 Å². The van der Waals surface area contributed by atoms with E-state index < -0.39 is 41.9 Å². The van der Waals surface area contributed by atoms with Crippen molar-refractivity contribution in [2.75, 3.05) is 5.32 Å². The van der Waals surface area contributed by atoms with Gasteiger partial charge in [-0.3, -0.25) is 4.79 Å². The number of aryl methyl sites for hydroxylation is 1. The minimum absolute atomic E-state index is 0.242. The highest BCUT2D eigenvalue weighted by Gasteiger charge is 2.53. The molecule has 1 amide bonds. The molecule has 0 aliphatic carbocycles. The van der Waals surface area contributed by atoms with E-state index in [9.17, 15) is 19.5 Å². The number of carboxylic acids is 1. The molecule has 170 valence electrons. The lowest BCUT2D eigenvalue weighted by atomic mass is 9.78. The first-order chi connectivity index (χ1) is 15.2. The molecule has 0 spiro atoms. The summed E-state index contributed by atoms with van der Waals surface area (Å²) < 4.78 is 11.1. The van der Waals surface area contributed by atoms with Crippen molar-refractivity contribution < 1.29 is 29.0 Å². The number of anilines is 1. The molecule has 1 aromatic carbocycles. The Bertz CT molecular complexity index is 1060. The first-order valence-corrected chi connectivity index (χ1v) is 11.6. The Morgan fingerprint density at radius 1 is 1.16 bits per heavy atom. The van der Waals surface area contributed by atoms with Crippen LogP contribution in [-0.2, 0) is 19.1 Å². The summed E-state index contributed by atoms with van der Waals surface area (Å²) in [6.45, 7) is 5.34. The number of amides is 1. The van der Waals surface area contributed by atoms with Crippen LogP contribution in [0, 0.1) is 18.8 Å². The summed E-state index contributed by atoms with van der Waals surface area (Å²) >= 11 is 7.26. The predicted octanol–water partition coefficient (Wildman–Crippen LogP) is 3.42. The quantitative estimate of drug-likeness (QED) is 0.640. The lowest BCUT2D eigenvalue weighted by Crippen LogP contribution is -2.46. The molecule has 2 aliphatic rings. The lowest BCUT2D eigenvalue weighted by Gasteiger charge is -2.27. The van der Waals surface area contributed by atoms with Crippen LogP contribution >= 0.6 is 22.9 Å². The molecule has 2 bridgehead atoms. The molecule has 0 unspecified atom stereocenters. The standard InChI is InChI=1S/C23H24ClNO6S/c1-10(2)30-23(29)19-16(12-4-6-13(24)7-5-12)11(3)32-21(19)25-20(26)17-14-8-9-15(31-14)18(17)22(27)28/h4-7,10,14-15,17-18H,8-9H2,1-3H3,(H,25,26)(H,27,28)/p-1/t14-,15+,17+,18+/m1/s1. The molecule has 2 fully saturated rings. The van der Waals surface area contributed by atoms with E-state index in [0.29, 0.717) is 28.4 Å². The number of fused-ring (bicyclic) bond motifs is 2. The van der Waals surface area contributed by atoms with Gasteiger partial charge >= 0.3 is 5.97 Å². The maximum Gasteiger partial charge on any atom is 0.342 e. The summed E-state index contributed by atoms with van der Waals surface area (Å²) in [5, 5.41) is 15.4. The van der Waals surface area contributed by atoms with Crippen molar-refractivity contribution in [1.29, 1.82) is 0 Å². The molecule has 0 saturated carbocycles. The van der Waals surface area contributed by atoms with Crippen molar-refractivity contribution >= 4 is 45.8 Å². The van der Waals surface area contributed by atoms with Gasteiger partial charge in [-0.1, -0.05) is 23.7 Å². The number of rotatable bonds is 6. The average molecular weight is 477 g/mol. The van der Waals surface area contributed by atoms with Crippen LogP contribution in [0.1, 0.15) is 41.9 Å². The van der Waals surface area contributed by atoms with E-state index in [2.05, 4.69) is 5.32 Å². The molecular weight excluding hydrogens is 454 g/mol. The zero-order chi connectivity index (χ0) is 23.2. The molecule has 0 radical (unpaired) electrons. The number of carbonyl (C=O) groups is 3. The molecular formula is C23H23ClNO6S-. The van der Waals surface area contributed by atoms with Crippen LogP contribution in [0.2, 0.25) is 5.02 Å². The number of nitrogens with one attached hydrogen (secondary N) is 1. The number of thiophene rings is 1. The number of benzene rings is 1. The molecule has 7 nitrogen and oxygen atoms in total. The van der Waals surface area contributed by atoms with Crippen LogP contribution in [0.15, 0.2) is 24.3 Å². The highest BCUT2D eigenvalue weighted by atomic mass is 35.5. The van der Waals surface area contributed by atoms with Crippen LogP contribution in [0.25, 0.3) is 11.1 Å². The molecule has 1 aromatic heterocycles. The fraction of sp³-hybridized carbons (Fsp3) is 0.435. The van der Waals surface area contributed by atoms with Crippen molar-refractivity contribution in [2.45, 2.75) is 51.9 Å². The molecule has 4 rings (SSSR count). The van der Waals surface area contributed by atoms with Gasteiger partial charge in [0.15, 0.2) is 0 Å². The smallest absolute Gasteiger partial charge is 0.342 e. The summed E-state index contributed by atoms with van der Waals surface area (Å²) in [6.07, 6.45) is -0.121. The maximum absolute atomic E-state index is 13.2. The van der Waals surface area contributed by atoms with E-state index in [0.717, 1.165) is 10.4 Å². The monoisotopic (exact) mass is 476 g/mol. The predicted molar refractivity (Wildman–Crippen MR) is 119 cm³/mol. The third kappa shape index (κ3) is 4.14. The van der Waals surface area contributed by atoms with Gasteiger partial charge in [0.2, 0.25) is 5.91 Å².